The third-order valence-corrected chi connectivity index (χ3v) is 22.6. The molecule has 40 nitrogen and oxygen atoms in total. The molecule has 2 atom stereocenters. The van der Waals surface area contributed by atoms with Crippen molar-refractivity contribution in [2.45, 2.75) is 207 Å². The quantitative estimate of drug-likeness (QED) is 0.0639. The summed E-state index contributed by atoms with van der Waals surface area (Å²) in [7, 11) is 10.1. The predicted molar refractivity (Wildman–Crippen MR) is 494 cm³/mol. The first-order chi connectivity index (χ1) is 59.5. The molecule has 666 valence electrons. The lowest BCUT2D eigenvalue weighted by atomic mass is 10.1. The minimum absolute atomic E-state index is 0.106. The van der Waals surface area contributed by atoms with E-state index >= 15 is 0 Å². The van der Waals surface area contributed by atoms with E-state index in [0.29, 0.717) is 163 Å². The van der Waals surface area contributed by atoms with Gasteiger partial charge in [-0.3, -0.25) is 92.5 Å². The topological polar surface area (TPSA) is 387 Å². The van der Waals surface area contributed by atoms with E-state index in [-0.39, 0.29) is 74.7 Å². The maximum atomic E-state index is 13.2. The Balaban J connectivity index is 0.000000142. The van der Waals surface area contributed by atoms with Crippen molar-refractivity contribution in [1.29, 1.82) is 0 Å². The van der Waals surface area contributed by atoms with Gasteiger partial charge in [-0.15, -0.1) is 19.7 Å². The highest BCUT2D eigenvalue weighted by Gasteiger charge is 2.34. The molecule has 15 heterocycles. The van der Waals surface area contributed by atoms with Gasteiger partial charge < -0.3 is 0 Å². The number of benzene rings is 1. The molecule has 0 fully saturated rings. The highest BCUT2D eigenvalue weighted by molar-refractivity contribution is 5.93. The van der Waals surface area contributed by atoms with Crippen LogP contribution in [0.5, 0.6) is 0 Å². The van der Waals surface area contributed by atoms with Gasteiger partial charge in [0.05, 0.1) is 87.0 Å². The van der Waals surface area contributed by atoms with Crippen LogP contribution in [0.15, 0.2) is 136 Å². The number of hydrazone groups is 5. The summed E-state index contributed by atoms with van der Waals surface area (Å²) in [5.41, 5.74) is 7.52. The Morgan fingerprint density at radius 1 is 0.416 bits per heavy atom. The molecule has 0 aliphatic carbocycles. The largest absolute Gasteiger partial charge is 0.332 e. The third kappa shape index (κ3) is 17.2. The lowest BCUT2D eigenvalue weighted by Gasteiger charge is -2.28. The monoisotopic (exact) mass is 1720 g/mol. The van der Waals surface area contributed by atoms with Gasteiger partial charge in [0.2, 0.25) is 29.7 Å². The zero-order valence-electron chi connectivity index (χ0n) is 75.5. The molecule has 0 spiro atoms. The van der Waals surface area contributed by atoms with Crippen molar-refractivity contribution in [2.24, 2.45) is 72.6 Å². The van der Waals surface area contributed by atoms with Gasteiger partial charge in [0.15, 0.2) is 55.8 Å². The van der Waals surface area contributed by atoms with E-state index in [2.05, 4.69) is 84.0 Å². The van der Waals surface area contributed by atoms with Crippen molar-refractivity contribution in [3.63, 3.8) is 0 Å². The van der Waals surface area contributed by atoms with E-state index in [1.54, 1.807) is 80.5 Å². The average molecular weight is 1720 g/mol. The summed E-state index contributed by atoms with van der Waals surface area (Å²) in [4.78, 5) is 151. The number of unbranched alkanes of at least 4 members (excludes halogenated alkanes) is 2. The highest BCUT2D eigenvalue weighted by atomic mass is 16.2. The van der Waals surface area contributed by atoms with Gasteiger partial charge in [0, 0.05) is 75.0 Å². The van der Waals surface area contributed by atoms with Gasteiger partial charge in [0.1, 0.15) is 0 Å². The molecule has 1 aromatic carbocycles. The van der Waals surface area contributed by atoms with Crippen molar-refractivity contribution in [2.75, 3.05) is 58.3 Å². The molecule has 125 heavy (non-hydrogen) atoms. The van der Waals surface area contributed by atoms with Crippen LogP contribution in [0.1, 0.15) is 152 Å². The molecule has 2 unspecified atom stereocenters. The van der Waals surface area contributed by atoms with Crippen LogP contribution in [0, 0.1) is 18.8 Å². The normalized spacial score (nSPS) is 14.8. The molecule has 0 saturated carbocycles. The number of rotatable bonds is 22. The van der Waals surface area contributed by atoms with Crippen molar-refractivity contribution in [3.05, 3.63) is 178 Å². The molecule has 0 bridgehead atoms. The van der Waals surface area contributed by atoms with Crippen LogP contribution in [-0.2, 0) is 94.1 Å². The fourth-order valence-electron chi connectivity index (χ4n) is 15.8. The Morgan fingerprint density at radius 3 is 1.20 bits per heavy atom. The molecule has 10 aromatic heterocycles. The number of nitrogens with zero attached hydrogens (tertiary/aromatic N) is 30. The van der Waals surface area contributed by atoms with Gasteiger partial charge in [-0.25, -0.2) is 49.0 Å². The number of fused-ring (bicyclic) bond motifs is 15. The van der Waals surface area contributed by atoms with Gasteiger partial charge in [0.25, 0.3) is 27.8 Å². The minimum atomic E-state index is -0.375. The molecule has 11 aromatic rings. The predicted octanol–water partition coefficient (Wildman–Crippen LogP) is 6.67. The molecular weight excluding hydrogens is 1600 g/mol. The van der Waals surface area contributed by atoms with E-state index in [9.17, 15) is 47.9 Å². The van der Waals surface area contributed by atoms with Crippen molar-refractivity contribution in [3.8, 4) is 0 Å². The molecule has 0 saturated heterocycles. The van der Waals surface area contributed by atoms with Crippen LogP contribution in [0.4, 0.5) is 29.7 Å². The second kappa shape index (κ2) is 37.3. The fourth-order valence-corrected chi connectivity index (χ4v) is 15.8. The second-order valence-electron chi connectivity index (χ2n) is 32.9. The molecule has 0 amide bonds. The van der Waals surface area contributed by atoms with E-state index in [4.69, 9.17) is 0 Å². The summed E-state index contributed by atoms with van der Waals surface area (Å²) in [6, 6.07) is 7.70. The van der Waals surface area contributed by atoms with Crippen LogP contribution in [-0.4, -0.2) is 155 Å². The van der Waals surface area contributed by atoms with E-state index in [1.807, 2.05) is 135 Å². The first-order valence-corrected chi connectivity index (χ1v) is 42.5. The maximum absolute atomic E-state index is 13.2. The SMILES string of the molecule is C=CCN1N=C(C)C(C)n2c1nc1c2c(=O)n(CCCC)c(=O)n1C.C=CCN1N=C(C)Cn2c1nc1c2c(=O)n(CC(C)CC)c(=O)n1C.C=CCN1N=C(C)Cn2c1nc1c2c(=O)n(CCCC)c(=O)n1C.CC1=NN(C)c2nc3c(c(=O)n(Cc4cccc(C)c4)c(=O)n3C)n2C1.CCCn1c(=O)c2c(nc3n2CC(C)=NN3CCC(C)C)n(C)c1=O. The van der Waals surface area contributed by atoms with Gasteiger partial charge in [-0.1, -0.05) is 116 Å². The molecule has 0 N–H and O–H groups in total. The summed E-state index contributed by atoms with van der Waals surface area (Å²) in [6.45, 7) is 45.2. The zero-order chi connectivity index (χ0) is 90.9. The van der Waals surface area contributed by atoms with Crippen molar-refractivity contribution < 1.29 is 0 Å². The second-order valence-corrected chi connectivity index (χ2v) is 32.9. The molecule has 16 rings (SSSR count). The third-order valence-electron chi connectivity index (χ3n) is 22.6. The molecular formula is C85H116N30O10. The van der Waals surface area contributed by atoms with Crippen LogP contribution in [0.25, 0.3) is 55.8 Å². The Hall–Kier alpha value is -13.5. The Kier molecular flexibility index (Phi) is 27.1. The van der Waals surface area contributed by atoms with Gasteiger partial charge in [-0.05, 0) is 91.5 Å². The van der Waals surface area contributed by atoms with E-state index in [0.717, 1.165) is 91.2 Å². The standard InChI is InChI=1S/C18H20N6O2.C17H26N6O2.2C17H24N6O2.C16H22N6O2/c1-11-6-5-7-13(8-11)10-24-16(25)14-15(21(3)18(24)26)19-17-22(4)20-12(2)9-23(14)17;1-6-8-21-15(24)13-14(20(5)17(21)25)18-16-22(13)10-12(4)19-23(16)9-7-11(2)3;1-6-8-23-16-18-14-13(21(16)10-12(4)19-23)15(24)22(9-11(3)7-2)17(25)20(14)5;1-6-8-10-21-15(24)13-14(20(5)17(21)25)18-16-22(9-7-2)19-11(3)12(4)23(13)16;1-5-7-9-20-14(23)12-13(19(4)16(20)24)17-15-21(12)10-11(3)18-22(15)8-6-2/h5-8H,9-10H2,1-4H3;11H,6-10H2,1-5H3;6,11H,1,7-10H2,2-5H3;7,12H,2,6,8-10H2,1,3-5H3;6H,2,5,7-10H2,1,3-4H3. The molecule has 5 aliphatic heterocycles. The molecule has 40 heteroatoms. The zero-order valence-corrected chi connectivity index (χ0v) is 75.5. The summed E-state index contributed by atoms with van der Waals surface area (Å²) in [6.07, 6.45) is 11.2. The maximum Gasteiger partial charge on any atom is 0.332 e. The lowest BCUT2D eigenvalue weighted by molar-refractivity contribution is 0.441. The van der Waals surface area contributed by atoms with Crippen LogP contribution in [0.3, 0.4) is 0 Å². The Labute approximate surface area is 719 Å². The fraction of sp³-hybridized carbons (Fsp3) is 0.506. The smallest absolute Gasteiger partial charge is 0.297 e. The summed E-state index contributed by atoms with van der Waals surface area (Å²) in [5, 5.41) is 31.1. The number of hydrogen-bond donors (Lipinski definition) is 0. The molecule has 5 aliphatic rings. The number of aromatic nitrogens is 20. The number of imidazole rings is 5. The minimum Gasteiger partial charge on any atom is -0.297 e. The number of hydrogen-bond acceptors (Lipinski definition) is 25. The van der Waals surface area contributed by atoms with Crippen LogP contribution >= 0.6 is 0 Å². The number of anilines is 5. The van der Waals surface area contributed by atoms with E-state index < -0.39 is 0 Å². The first-order valence-electron chi connectivity index (χ1n) is 42.5. The summed E-state index contributed by atoms with van der Waals surface area (Å²) >= 11 is 0. The average Bonchev–Trinajstić information content (AvgIpc) is 1.57. The number of aryl methyl sites for hydroxylation is 6. The van der Waals surface area contributed by atoms with Crippen LogP contribution in [0.2, 0.25) is 0 Å². The highest BCUT2D eigenvalue weighted by Crippen LogP contribution is 2.32. The lowest BCUT2D eigenvalue weighted by Crippen LogP contribution is -2.41. The summed E-state index contributed by atoms with van der Waals surface area (Å²) < 4.78 is 23.0. The molecule has 0 radical (unpaired) electrons. The van der Waals surface area contributed by atoms with Crippen molar-refractivity contribution in [1.82, 2.24) is 93.4 Å². The summed E-state index contributed by atoms with van der Waals surface area (Å²) in [5.74, 6) is 3.68. The van der Waals surface area contributed by atoms with Gasteiger partial charge >= 0.3 is 28.4 Å². The van der Waals surface area contributed by atoms with Crippen LogP contribution < -0.4 is 81.3 Å². The van der Waals surface area contributed by atoms with E-state index in [1.165, 1.54) is 45.7 Å². The Morgan fingerprint density at radius 2 is 0.776 bits per heavy atom. The Bertz CT molecular complexity index is 6930. The first kappa shape index (κ1) is 90.8. The van der Waals surface area contributed by atoms with Crippen molar-refractivity contribution >= 4 is 114 Å². The van der Waals surface area contributed by atoms with Gasteiger partial charge in [-0.2, -0.15) is 50.4 Å².